The van der Waals surface area contributed by atoms with Crippen LogP contribution in [0.3, 0.4) is 0 Å². The lowest BCUT2D eigenvalue weighted by molar-refractivity contribution is 0.0786. The van der Waals surface area contributed by atoms with Crippen LogP contribution in [0, 0.1) is 0 Å². The minimum absolute atomic E-state index is 0.246. The van der Waals surface area contributed by atoms with Crippen LogP contribution < -0.4 is 0 Å². The van der Waals surface area contributed by atoms with E-state index in [1.807, 2.05) is 11.9 Å². The van der Waals surface area contributed by atoms with Crippen LogP contribution in [0.1, 0.15) is 38.5 Å². The molecule has 0 aromatic carbocycles. The summed E-state index contributed by atoms with van der Waals surface area (Å²) < 4.78 is 0. The van der Waals surface area contributed by atoms with Crippen molar-refractivity contribution < 1.29 is 4.79 Å². The van der Waals surface area contributed by atoms with Crippen LogP contribution in [0.15, 0.2) is 0 Å². The van der Waals surface area contributed by atoms with Gasteiger partial charge in [-0.15, -0.1) is 11.3 Å². The van der Waals surface area contributed by atoms with Crippen molar-refractivity contribution in [3.05, 3.63) is 20.9 Å². The molecule has 1 aromatic heterocycles. The molecule has 15 heavy (non-hydrogen) atoms. The number of hydrogen-bond donors (Lipinski definition) is 0. The second kappa shape index (κ2) is 3.34. The molecular weight excluding hydrogens is 206 g/mol. The third-order valence-electron chi connectivity index (χ3n) is 3.52. The van der Waals surface area contributed by atoms with Crippen molar-refractivity contribution in [3.63, 3.8) is 0 Å². The molecule has 0 saturated heterocycles. The van der Waals surface area contributed by atoms with Crippen molar-refractivity contribution in [1.29, 1.82) is 0 Å². The van der Waals surface area contributed by atoms with Gasteiger partial charge in [0.05, 0.1) is 4.88 Å². The number of hydrogen-bond acceptors (Lipinski definition) is 2. The molecule has 1 amide bonds. The van der Waals surface area contributed by atoms with Crippen molar-refractivity contribution in [2.75, 3.05) is 13.6 Å². The Kier molecular flexibility index (Phi) is 2.09. The number of aryl methyl sites for hydroxylation is 1. The van der Waals surface area contributed by atoms with Gasteiger partial charge in [0.1, 0.15) is 0 Å². The quantitative estimate of drug-likeness (QED) is 0.658. The van der Waals surface area contributed by atoms with Gasteiger partial charge in [0.25, 0.3) is 5.91 Å². The molecule has 0 bridgehead atoms. The van der Waals surface area contributed by atoms with Crippen LogP contribution in [0.2, 0.25) is 0 Å². The summed E-state index contributed by atoms with van der Waals surface area (Å²) in [5.74, 6) is 0.246. The van der Waals surface area contributed by atoms with Gasteiger partial charge in [-0.3, -0.25) is 4.79 Å². The molecule has 3 rings (SSSR count). The van der Waals surface area contributed by atoms with Gasteiger partial charge in [-0.1, -0.05) is 0 Å². The zero-order valence-electron chi connectivity index (χ0n) is 9.01. The normalized spacial score (nSPS) is 20.1. The van der Waals surface area contributed by atoms with Crippen LogP contribution in [-0.4, -0.2) is 24.4 Å². The van der Waals surface area contributed by atoms with Crippen LogP contribution >= 0.6 is 11.3 Å². The highest BCUT2D eigenvalue weighted by Crippen LogP contribution is 2.37. The number of fused-ring (bicyclic) bond motifs is 3. The van der Waals surface area contributed by atoms with E-state index in [0.717, 1.165) is 17.8 Å². The van der Waals surface area contributed by atoms with E-state index in [1.165, 1.54) is 41.7 Å². The van der Waals surface area contributed by atoms with Crippen molar-refractivity contribution in [1.82, 2.24) is 4.90 Å². The fraction of sp³-hybridized carbons (Fsp3) is 0.583. The molecule has 2 heterocycles. The molecule has 0 fully saturated rings. The standard InChI is InChI=1S/C12H15NOS/c1-13-7-6-9-8-4-2-3-5-10(8)15-11(9)12(13)14/h2-7H2,1H3. The maximum atomic E-state index is 12.0. The van der Waals surface area contributed by atoms with E-state index in [2.05, 4.69) is 0 Å². The highest BCUT2D eigenvalue weighted by atomic mass is 32.1. The summed E-state index contributed by atoms with van der Waals surface area (Å²) in [5, 5.41) is 0. The van der Waals surface area contributed by atoms with E-state index in [9.17, 15) is 4.79 Å². The Morgan fingerprint density at radius 2 is 1.93 bits per heavy atom. The molecule has 80 valence electrons. The largest absolute Gasteiger partial charge is 0.341 e. The minimum atomic E-state index is 0.246. The number of likely N-dealkylation sites (N-methyl/N-ethyl adjacent to an activating group) is 1. The average molecular weight is 221 g/mol. The molecule has 0 saturated carbocycles. The van der Waals surface area contributed by atoms with Crippen molar-refractivity contribution in [2.45, 2.75) is 32.1 Å². The van der Waals surface area contributed by atoms with Crippen LogP contribution in [0.25, 0.3) is 0 Å². The van der Waals surface area contributed by atoms with E-state index in [1.54, 1.807) is 11.3 Å². The van der Waals surface area contributed by atoms with Gasteiger partial charge in [-0.2, -0.15) is 0 Å². The summed E-state index contributed by atoms with van der Waals surface area (Å²) in [6, 6.07) is 0. The lowest BCUT2D eigenvalue weighted by atomic mass is 9.92. The highest BCUT2D eigenvalue weighted by molar-refractivity contribution is 7.14. The first-order valence-corrected chi connectivity index (χ1v) is 6.48. The van der Waals surface area contributed by atoms with Gasteiger partial charge < -0.3 is 4.90 Å². The average Bonchev–Trinajstić information content (AvgIpc) is 2.63. The maximum Gasteiger partial charge on any atom is 0.263 e. The second-order valence-electron chi connectivity index (χ2n) is 4.50. The molecule has 0 atom stereocenters. The molecule has 3 heteroatoms. The highest BCUT2D eigenvalue weighted by Gasteiger charge is 2.29. The monoisotopic (exact) mass is 221 g/mol. The number of rotatable bonds is 0. The predicted octanol–water partition coefficient (Wildman–Crippen LogP) is 2.26. The van der Waals surface area contributed by atoms with Gasteiger partial charge in [0, 0.05) is 18.5 Å². The van der Waals surface area contributed by atoms with Crippen molar-refractivity contribution in [2.24, 2.45) is 0 Å². The lowest BCUT2D eigenvalue weighted by Crippen LogP contribution is -2.33. The molecule has 1 aromatic rings. The molecule has 0 unspecified atom stereocenters. The van der Waals surface area contributed by atoms with Crippen LogP contribution in [0.4, 0.5) is 0 Å². The third kappa shape index (κ3) is 1.33. The first-order valence-electron chi connectivity index (χ1n) is 5.66. The third-order valence-corrected chi connectivity index (χ3v) is 4.84. The molecule has 1 aliphatic heterocycles. The number of amides is 1. The molecule has 0 radical (unpaired) electrons. The Morgan fingerprint density at radius 1 is 1.13 bits per heavy atom. The van der Waals surface area contributed by atoms with E-state index in [0.29, 0.717) is 0 Å². The molecule has 2 nitrogen and oxygen atoms in total. The molecule has 0 N–H and O–H groups in total. The first kappa shape index (κ1) is 9.40. The van der Waals surface area contributed by atoms with Crippen LogP contribution in [-0.2, 0) is 19.3 Å². The summed E-state index contributed by atoms with van der Waals surface area (Å²) in [5.41, 5.74) is 2.92. The fourth-order valence-corrected chi connectivity index (χ4v) is 4.06. The zero-order valence-corrected chi connectivity index (χ0v) is 9.82. The summed E-state index contributed by atoms with van der Waals surface area (Å²) >= 11 is 1.76. The smallest absolute Gasteiger partial charge is 0.263 e. The molecular formula is C12H15NOS. The molecule has 0 spiro atoms. The Hall–Kier alpha value is -0.830. The minimum Gasteiger partial charge on any atom is -0.341 e. The fourth-order valence-electron chi connectivity index (χ4n) is 2.62. The second-order valence-corrected chi connectivity index (χ2v) is 5.60. The summed E-state index contributed by atoms with van der Waals surface area (Å²) in [6.45, 7) is 0.898. The summed E-state index contributed by atoms with van der Waals surface area (Å²) in [4.78, 5) is 16.4. The van der Waals surface area contributed by atoms with Gasteiger partial charge >= 0.3 is 0 Å². The van der Waals surface area contributed by atoms with Crippen molar-refractivity contribution >= 4 is 17.2 Å². The summed E-state index contributed by atoms with van der Waals surface area (Å²) in [6.07, 6.45) is 6.09. The Labute approximate surface area is 93.9 Å². The topological polar surface area (TPSA) is 20.3 Å². The van der Waals surface area contributed by atoms with Gasteiger partial charge in [-0.25, -0.2) is 0 Å². The first-order chi connectivity index (χ1) is 7.27. The van der Waals surface area contributed by atoms with E-state index in [-0.39, 0.29) is 5.91 Å². The Balaban J connectivity index is 2.12. The molecule has 2 aliphatic rings. The Bertz CT molecular complexity index is 422. The number of nitrogens with zero attached hydrogens (tertiary/aromatic N) is 1. The van der Waals surface area contributed by atoms with Crippen LogP contribution in [0.5, 0.6) is 0 Å². The van der Waals surface area contributed by atoms with Gasteiger partial charge in [0.15, 0.2) is 0 Å². The Morgan fingerprint density at radius 3 is 2.80 bits per heavy atom. The number of carbonyl (C=O) groups is 1. The molecule has 1 aliphatic carbocycles. The number of carbonyl (C=O) groups excluding carboxylic acids is 1. The van der Waals surface area contributed by atoms with E-state index < -0.39 is 0 Å². The van der Waals surface area contributed by atoms with Crippen molar-refractivity contribution in [3.8, 4) is 0 Å². The lowest BCUT2D eigenvalue weighted by Gasteiger charge is -2.23. The van der Waals surface area contributed by atoms with E-state index in [4.69, 9.17) is 0 Å². The SMILES string of the molecule is CN1CCc2c(sc3c2CCCC3)C1=O. The maximum absolute atomic E-state index is 12.0. The zero-order chi connectivity index (χ0) is 10.4. The van der Waals surface area contributed by atoms with Gasteiger partial charge in [0.2, 0.25) is 0 Å². The predicted molar refractivity (Wildman–Crippen MR) is 61.6 cm³/mol. The summed E-state index contributed by atoms with van der Waals surface area (Å²) in [7, 11) is 1.91. The van der Waals surface area contributed by atoms with Gasteiger partial charge in [-0.05, 0) is 43.2 Å². The number of thiophene rings is 1. The van der Waals surface area contributed by atoms with E-state index >= 15 is 0 Å².